The molecule has 18 heavy (non-hydrogen) atoms. The number of aromatic hydroxyl groups is 1. The SMILES string of the molecule is CC(=O)Oc1ccc([C@@H](N)C2CCC2)cc1O.Cl. The minimum Gasteiger partial charge on any atom is -0.504 e. The first kappa shape index (κ1) is 14.8. The standard InChI is InChI=1S/C13H17NO3.ClH/c1-8(15)17-12-6-5-10(7-11(12)16)13(14)9-3-2-4-9;/h5-7,9,13,16H,2-4,14H2,1H3;1H/t13-;/m0./s1. The van der Waals surface area contributed by atoms with Crippen LogP contribution in [0.15, 0.2) is 18.2 Å². The lowest BCUT2D eigenvalue weighted by Crippen LogP contribution is -2.26. The highest BCUT2D eigenvalue weighted by Crippen LogP contribution is 2.38. The van der Waals surface area contributed by atoms with Crippen molar-refractivity contribution in [3.8, 4) is 11.5 Å². The summed E-state index contributed by atoms with van der Waals surface area (Å²) in [7, 11) is 0. The molecule has 0 aliphatic heterocycles. The van der Waals surface area contributed by atoms with E-state index in [-0.39, 0.29) is 29.9 Å². The van der Waals surface area contributed by atoms with Crippen LogP contribution in [0.3, 0.4) is 0 Å². The van der Waals surface area contributed by atoms with Crippen LogP contribution in [0.2, 0.25) is 0 Å². The van der Waals surface area contributed by atoms with E-state index < -0.39 is 5.97 Å². The van der Waals surface area contributed by atoms with Gasteiger partial charge in [-0.05, 0) is 36.5 Å². The van der Waals surface area contributed by atoms with Crippen molar-refractivity contribution in [1.29, 1.82) is 0 Å². The van der Waals surface area contributed by atoms with E-state index in [1.54, 1.807) is 18.2 Å². The van der Waals surface area contributed by atoms with Crippen LogP contribution in [0.25, 0.3) is 0 Å². The van der Waals surface area contributed by atoms with Crippen molar-refractivity contribution in [2.24, 2.45) is 11.7 Å². The molecule has 2 rings (SSSR count). The number of phenols is 1. The summed E-state index contributed by atoms with van der Waals surface area (Å²) >= 11 is 0. The Morgan fingerprint density at radius 1 is 1.50 bits per heavy atom. The molecule has 0 unspecified atom stereocenters. The van der Waals surface area contributed by atoms with Gasteiger partial charge in [-0.15, -0.1) is 12.4 Å². The molecule has 0 heterocycles. The van der Waals surface area contributed by atoms with Gasteiger partial charge in [0.15, 0.2) is 11.5 Å². The summed E-state index contributed by atoms with van der Waals surface area (Å²) in [4.78, 5) is 10.8. The minimum atomic E-state index is -0.448. The second-order valence-electron chi connectivity index (χ2n) is 4.54. The Morgan fingerprint density at radius 3 is 2.61 bits per heavy atom. The third-order valence-electron chi connectivity index (χ3n) is 3.28. The molecule has 3 N–H and O–H groups in total. The number of ether oxygens (including phenoxy) is 1. The van der Waals surface area contributed by atoms with Gasteiger partial charge in [0.25, 0.3) is 0 Å². The van der Waals surface area contributed by atoms with E-state index in [0.717, 1.165) is 18.4 Å². The largest absolute Gasteiger partial charge is 0.504 e. The summed E-state index contributed by atoms with van der Waals surface area (Å²) in [5, 5.41) is 9.73. The lowest BCUT2D eigenvalue weighted by Gasteiger charge is -2.31. The second-order valence-corrected chi connectivity index (χ2v) is 4.54. The topological polar surface area (TPSA) is 72.5 Å². The fraction of sp³-hybridized carbons (Fsp3) is 0.462. The Bertz CT molecular complexity index is 432. The quantitative estimate of drug-likeness (QED) is 0.655. The Kier molecular flexibility index (Phi) is 4.99. The summed E-state index contributed by atoms with van der Waals surface area (Å²) in [6, 6.07) is 4.94. The zero-order valence-electron chi connectivity index (χ0n) is 10.3. The van der Waals surface area contributed by atoms with Crippen molar-refractivity contribution in [1.82, 2.24) is 0 Å². The second kappa shape index (κ2) is 6.07. The van der Waals surface area contributed by atoms with E-state index in [9.17, 15) is 9.90 Å². The third kappa shape index (κ3) is 3.15. The van der Waals surface area contributed by atoms with Crippen molar-refractivity contribution < 1.29 is 14.6 Å². The number of phenolic OH excluding ortho intramolecular Hbond substituents is 1. The van der Waals surface area contributed by atoms with Crippen molar-refractivity contribution in [3.05, 3.63) is 23.8 Å². The van der Waals surface area contributed by atoms with Gasteiger partial charge >= 0.3 is 5.97 Å². The first-order chi connectivity index (χ1) is 8.08. The fourth-order valence-corrected chi connectivity index (χ4v) is 2.05. The molecule has 1 aromatic carbocycles. The molecule has 1 atom stereocenters. The van der Waals surface area contributed by atoms with Crippen LogP contribution in [-0.2, 0) is 4.79 Å². The minimum absolute atomic E-state index is 0. The number of rotatable bonds is 3. The molecule has 1 fully saturated rings. The normalized spacial score (nSPS) is 16.3. The molecule has 5 heteroatoms. The number of benzene rings is 1. The van der Waals surface area contributed by atoms with E-state index in [2.05, 4.69) is 0 Å². The monoisotopic (exact) mass is 271 g/mol. The summed E-state index contributed by atoms with van der Waals surface area (Å²) in [6.07, 6.45) is 3.52. The smallest absolute Gasteiger partial charge is 0.308 e. The van der Waals surface area contributed by atoms with Gasteiger partial charge in [-0.2, -0.15) is 0 Å². The molecule has 0 bridgehead atoms. The van der Waals surface area contributed by atoms with E-state index in [1.807, 2.05) is 0 Å². The average Bonchev–Trinajstić information content (AvgIpc) is 2.17. The van der Waals surface area contributed by atoms with Crippen LogP contribution < -0.4 is 10.5 Å². The van der Waals surface area contributed by atoms with Crippen molar-refractivity contribution >= 4 is 18.4 Å². The molecule has 1 aromatic rings. The van der Waals surface area contributed by atoms with E-state index in [4.69, 9.17) is 10.5 Å². The summed E-state index contributed by atoms with van der Waals surface area (Å²) < 4.78 is 4.85. The maximum atomic E-state index is 10.8. The summed E-state index contributed by atoms with van der Waals surface area (Å²) in [5.41, 5.74) is 6.99. The number of nitrogens with two attached hydrogens (primary N) is 1. The molecule has 1 aliphatic carbocycles. The lowest BCUT2D eigenvalue weighted by atomic mass is 9.77. The number of halogens is 1. The first-order valence-corrected chi connectivity index (χ1v) is 5.85. The average molecular weight is 272 g/mol. The molecule has 0 radical (unpaired) electrons. The number of esters is 1. The van der Waals surface area contributed by atoms with Crippen LogP contribution in [0.4, 0.5) is 0 Å². The van der Waals surface area contributed by atoms with Gasteiger partial charge in [0.2, 0.25) is 0 Å². The summed E-state index contributed by atoms with van der Waals surface area (Å²) in [5.74, 6) is 0.208. The molecule has 1 aliphatic rings. The van der Waals surface area contributed by atoms with Crippen molar-refractivity contribution in [2.75, 3.05) is 0 Å². The van der Waals surface area contributed by atoms with Crippen molar-refractivity contribution in [3.63, 3.8) is 0 Å². The third-order valence-corrected chi connectivity index (χ3v) is 3.28. The molecule has 1 saturated carbocycles. The van der Waals surface area contributed by atoms with E-state index in [1.165, 1.54) is 13.3 Å². The predicted octanol–water partition coefficient (Wildman–Crippen LogP) is 2.54. The predicted molar refractivity (Wildman–Crippen MR) is 70.9 cm³/mol. The molecule has 0 saturated heterocycles. The van der Waals surface area contributed by atoms with Crippen molar-refractivity contribution in [2.45, 2.75) is 32.2 Å². The molecule has 0 spiro atoms. The number of hydrogen-bond donors (Lipinski definition) is 2. The first-order valence-electron chi connectivity index (χ1n) is 5.85. The van der Waals surface area contributed by atoms with Gasteiger partial charge in [0.1, 0.15) is 0 Å². The summed E-state index contributed by atoms with van der Waals surface area (Å²) in [6.45, 7) is 1.30. The zero-order valence-corrected chi connectivity index (χ0v) is 11.1. The van der Waals surface area contributed by atoms with Crippen LogP contribution in [-0.4, -0.2) is 11.1 Å². The maximum absolute atomic E-state index is 10.8. The van der Waals surface area contributed by atoms with E-state index in [0.29, 0.717) is 5.92 Å². The maximum Gasteiger partial charge on any atom is 0.308 e. The Labute approximate surface area is 113 Å². The molecule has 0 aromatic heterocycles. The number of carbonyl (C=O) groups is 1. The van der Waals surface area contributed by atoms with Crippen LogP contribution in [0, 0.1) is 5.92 Å². The highest BCUT2D eigenvalue weighted by Gasteiger charge is 2.26. The zero-order chi connectivity index (χ0) is 12.4. The van der Waals surface area contributed by atoms with Gasteiger partial charge in [0, 0.05) is 13.0 Å². The van der Waals surface area contributed by atoms with Crippen LogP contribution in [0.5, 0.6) is 11.5 Å². The molecular weight excluding hydrogens is 254 g/mol. The van der Waals surface area contributed by atoms with Crippen LogP contribution in [0.1, 0.15) is 37.8 Å². The molecule has 100 valence electrons. The fourth-order valence-electron chi connectivity index (χ4n) is 2.05. The Morgan fingerprint density at radius 2 is 2.17 bits per heavy atom. The lowest BCUT2D eigenvalue weighted by molar-refractivity contribution is -0.132. The Balaban J connectivity index is 0.00000162. The number of carbonyl (C=O) groups excluding carboxylic acids is 1. The van der Waals surface area contributed by atoms with Crippen LogP contribution >= 0.6 is 12.4 Å². The number of hydrogen-bond acceptors (Lipinski definition) is 4. The van der Waals surface area contributed by atoms with Gasteiger partial charge in [-0.25, -0.2) is 0 Å². The van der Waals surface area contributed by atoms with Gasteiger partial charge in [-0.1, -0.05) is 12.5 Å². The van der Waals surface area contributed by atoms with Gasteiger partial charge in [0.05, 0.1) is 0 Å². The molecule has 0 amide bonds. The van der Waals surface area contributed by atoms with Gasteiger partial charge in [-0.3, -0.25) is 4.79 Å². The molecular formula is C13H18ClNO3. The highest BCUT2D eigenvalue weighted by atomic mass is 35.5. The Hall–Kier alpha value is -1.26. The molecule has 4 nitrogen and oxygen atoms in total. The van der Waals surface area contributed by atoms with E-state index >= 15 is 0 Å². The highest BCUT2D eigenvalue weighted by molar-refractivity contribution is 5.85. The van der Waals surface area contributed by atoms with Gasteiger partial charge < -0.3 is 15.6 Å².